The summed E-state index contributed by atoms with van der Waals surface area (Å²) in [5.74, 6) is -0.505. The first kappa shape index (κ1) is 11.7. The maximum atomic E-state index is 13.8. The van der Waals surface area contributed by atoms with E-state index in [1.807, 2.05) is 13.0 Å². The fourth-order valence-corrected chi connectivity index (χ4v) is 2.58. The van der Waals surface area contributed by atoms with Crippen LogP contribution in [0.2, 0.25) is 0 Å². The zero-order valence-electron chi connectivity index (χ0n) is 10.8. The molecule has 0 radical (unpaired) electrons. The Labute approximate surface area is 106 Å². The van der Waals surface area contributed by atoms with E-state index < -0.39 is 6.04 Å². The summed E-state index contributed by atoms with van der Waals surface area (Å²) in [6.45, 7) is 6.16. The van der Waals surface area contributed by atoms with Gasteiger partial charge in [-0.3, -0.25) is 10.1 Å². The first-order valence-corrected chi connectivity index (χ1v) is 6.25. The first-order valence-electron chi connectivity index (χ1n) is 6.25. The van der Waals surface area contributed by atoms with E-state index in [0.717, 1.165) is 17.5 Å². The molecule has 3 rings (SSSR count). The summed E-state index contributed by atoms with van der Waals surface area (Å²) < 4.78 is 13.8. The number of hydrogen-bond acceptors (Lipinski definition) is 2. The Morgan fingerprint density at radius 3 is 2.72 bits per heavy atom. The van der Waals surface area contributed by atoms with E-state index in [0.29, 0.717) is 11.7 Å². The van der Waals surface area contributed by atoms with Crippen LogP contribution in [-0.4, -0.2) is 11.9 Å². The Balaban J connectivity index is 1.92. The van der Waals surface area contributed by atoms with Gasteiger partial charge in [0.05, 0.1) is 5.69 Å². The average Bonchev–Trinajstić information content (AvgIpc) is 2.73. The lowest BCUT2D eigenvalue weighted by atomic mass is 10.0. The number of amides is 1. The molecule has 1 saturated carbocycles. The van der Waals surface area contributed by atoms with Gasteiger partial charge in [0, 0.05) is 11.6 Å². The van der Waals surface area contributed by atoms with Crippen molar-refractivity contribution in [2.24, 2.45) is 5.41 Å². The minimum atomic E-state index is -0.416. The van der Waals surface area contributed by atoms with Crippen molar-refractivity contribution >= 4 is 11.6 Å². The summed E-state index contributed by atoms with van der Waals surface area (Å²) in [6, 6.07) is 3.25. The van der Waals surface area contributed by atoms with E-state index in [9.17, 15) is 9.18 Å². The number of hydrogen-bond donors (Lipinski definition) is 2. The van der Waals surface area contributed by atoms with Crippen molar-refractivity contribution in [1.82, 2.24) is 5.32 Å². The van der Waals surface area contributed by atoms with E-state index in [1.54, 1.807) is 0 Å². The fraction of sp³-hybridized carbons (Fsp3) is 0.500. The number of carbonyl (C=O) groups excluding carboxylic acids is 1. The summed E-state index contributed by atoms with van der Waals surface area (Å²) in [6.07, 6.45) is 1.06. The predicted molar refractivity (Wildman–Crippen MR) is 67.8 cm³/mol. The number of anilines is 1. The number of rotatable bonds is 2. The second-order valence-electron chi connectivity index (χ2n) is 6.05. The molecule has 1 fully saturated rings. The molecule has 1 aliphatic heterocycles. The minimum Gasteiger partial charge on any atom is -0.322 e. The van der Waals surface area contributed by atoms with Crippen molar-refractivity contribution in [3.63, 3.8) is 0 Å². The number of fused-ring (bicyclic) bond motifs is 1. The standard InChI is InChI=1S/C14H17FN2O/c1-7-4-8-11(9(15)5-7)17-13(18)12(8)16-10-6-14(10,2)3/h4-5,10,12,16H,6H2,1-3H3,(H,17,18). The van der Waals surface area contributed by atoms with Crippen molar-refractivity contribution < 1.29 is 9.18 Å². The number of nitrogens with one attached hydrogen (secondary N) is 2. The van der Waals surface area contributed by atoms with E-state index in [-0.39, 0.29) is 17.1 Å². The normalized spacial score (nSPS) is 27.9. The molecule has 2 aliphatic rings. The number of benzene rings is 1. The molecule has 1 aliphatic carbocycles. The SMILES string of the molecule is Cc1cc(F)c2c(c1)C(NC1CC1(C)C)C(=O)N2. The molecule has 0 bridgehead atoms. The lowest BCUT2D eigenvalue weighted by molar-refractivity contribution is -0.117. The minimum absolute atomic E-state index is 0.155. The van der Waals surface area contributed by atoms with Crippen LogP contribution in [0.5, 0.6) is 0 Å². The highest BCUT2D eigenvalue weighted by Gasteiger charge is 2.48. The van der Waals surface area contributed by atoms with Gasteiger partial charge in [0.2, 0.25) is 5.91 Å². The Morgan fingerprint density at radius 2 is 2.11 bits per heavy atom. The lowest BCUT2D eigenvalue weighted by Crippen LogP contribution is -2.31. The van der Waals surface area contributed by atoms with Crippen LogP contribution in [0.4, 0.5) is 10.1 Å². The fourth-order valence-electron chi connectivity index (χ4n) is 2.58. The molecule has 0 saturated heterocycles. The summed E-state index contributed by atoms with van der Waals surface area (Å²) >= 11 is 0. The van der Waals surface area contributed by atoms with Crippen LogP contribution < -0.4 is 10.6 Å². The molecule has 1 aromatic carbocycles. The number of halogens is 1. The van der Waals surface area contributed by atoms with Crippen LogP contribution in [0.25, 0.3) is 0 Å². The van der Waals surface area contributed by atoms with E-state index in [2.05, 4.69) is 24.5 Å². The monoisotopic (exact) mass is 248 g/mol. The number of carbonyl (C=O) groups is 1. The summed E-state index contributed by atoms with van der Waals surface area (Å²) in [7, 11) is 0. The summed E-state index contributed by atoms with van der Waals surface area (Å²) in [5.41, 5.74) is 2.15. The van der Waals surface area contributed by atoms with Gasteiger partial charge in [0.1, 0.15) is 11.9 Å². The molecule has 2 N–H and O–H groups in total. The van der Waals surface area contributed by atoms with Crippen molar-refractivity contribution in [3.05, 3.63) is 29.1 Å². The smallest absolute Gasteiger partial charge is 0.246 e. The second-order valence-corrected chi connectivity index (χ2v) is 6.05. The van der Waals surface area contributed by atoms with Crippen molar-refractivity contribution in [2.75, 3.05) is 5.32 Å². The summed E-state index contributed by atoms with van der Waals surface area (Å²) in [5, 5.41) is 5.95. The third-order valence-corrected chi connectivity index (χ3v) is 3.97. The third kappa shape index (κ3) is 1.72. The van der Waals surface area contributed by atoms with Crippen LogP contribution in [-0.2, 0) is 4.79 Å². The molecule has 1 amide bonds. The molecule has 96 valence electrons. The topological polar surface area (TPSA) is 41.1 Å². The van der Waals surface area contributed by atoms with Crippen molar-refractivity contribution in [3.8, 4) is 0 Å². The van der Waals surface area contributed by atoms with Gasteiger partial charge >= 0.3 is 0 Å². The van der Waals surface area contributed by atoms with Gasteiger partial charge < -0.3 is 5.32 Å². The zero-order valence-corrected chi connectivity index (χ0v) is 10.8. The van der Waals surface area contributed by atoms with E-state index in [4.69, 9.17) is 0 Å². The highest BCUT2D eigenvalue weighted by Crippen LogP contribution is 2.47. The molecule has 4 heteroatoms. The van der Waals surface area contributed by atoms with Crippen LogP contribution >= 0.6 is 0 Å². The van der Waals surface area contributed by atoms with Crippen molar-refractivity contribution in [2.45, 2.75) is 39.3 Å². The van der Waals surface area contributed by atoms with Gasteiger partial charge in [-0.25, -0.2) is 4.39 Å². The largest absolute Gasteiger partial charge is 0.322 e. The molecule has 2 atom stereocenters. The maximum Gasteiger partial charge on any atom is 0.246 e. The van der Waals surface area contributed by atoms with Gasteiger partial charge in [-0.05, 0) is 30.4 Å². The Bertz CT molecular complexity index is 539. The molecule has 0 aromatic heterocycles. The number of aryl methyl sites for hydroxylation is 1. The molecule has 1 aromatic rings. The molecular formula is C14H17FN2O. The zero-order chi connectivity index (χ0) is 13.1. The third-order valence-electron chi connectivity index (χ3n) is 3.97. The van der Waals surface area contributed by atoms with Gasteiger partial charge in [-0.2, -0.15) is 0 Å². The van der Waals surface area contributed by atoms with Crippen LogP contribution in [0, 0.1) is 18.2 Å². The predicted octanol–water partition coefficient (Wildman–Crippen LogP) is 2.52. The van der Waals surface area contributed by atoms with Gasteiger partial charge in [0.15, 0.2) is 0 Å². The molecule has 1 heterocycles. The second kappa shape index (κ2) is 3.54. The molecular weight excluding hydrogens is 231 g/mol. The Morgan fingerprint density at radius 1 is 1.44 bits per heavy atom. The maximum absolute atomic E-state index is 13.8. The van der Waals surface area contributed by atoms with Crippen molar-refractivity contribution in [1.29, 1.82) is 0 Å². The lowest BCUT2D eigenvalue weighted by Gasteiger charge is -2.13. The average molecular weight is 248 g/mol. The molecule has 3 nitrogen and oxygen atoms in total. The van der Waals surface area contributed by atoms with Gasteiger partial charge in [-0.1, -0.05) is 19.9 Å². The Kier molecular flexibility index (Phi) is 2.29. The quantitative estimate of drug-likeness (QED) is 0.844. The van der Waals surface area contributed by atoms with Gasteiger partial charge in [-0.15, -0.1) is 0 Å². The molecule has 18 heavy (non-hydrogen) atoms. The molecule has 0 spiro atoms. The van der Waals surface area contributed by atoms with E-state index in [1.165, 1.54) is 6.07 Å². The van der Waals surface area contributed by atoms with Crippen LogP contribution in [0.3, 0.4) is 0 Å². The van der Waals surface area contributed by atoms with E-state index >= 15 is 0 Å². The Hall–Kier alpha value is -1.42. The molecule has 2 unspecified atom stereocenters. The van der Waals surface area contributed by atoms with Crippen LogP contribution in [0.15, 0.2) is 12.1 Å². The van der Waals surface area contributed by atoms with Crippen LogP contribution in [0.1, 0.15) is 37.4 Å². The highest BCUT2D eigenvalue weighted by atomic mass is 19.1. The highest BCUT2D eigenvalue weighted by molar-refractivity contribution is 6.02. The van der Waals surface area contributed by atoms with Gasteiger partial charge in [0.25, 0.3) is 0 Å². The summed E-state index contributed by atoms with van der Waals surface area (Å²) in [4.78, 5) is 11.9. The first-order chi connectivity index (χ1) is 8.38.